The molecule has 5 heteroatoms. The summed E-state index contributed by atoms with van der Waals surface area (Å²) in [5.74, 6) is 1.11. The van der Waals surface area contributed by atoms with Crippen LogP contribution in [0.2, 0.25) is 0 Å². The van der Waals surface area contributed by atoms with Gasteiger partial charge in [0.2, 0.25) is 0 Å². The van der Waals surface area contributed by atoms with Crippen molar-refractivity contribution in [1.82, 2.24) is 4.90 Å². The quantitative estimate of drug-likeness (QED) is 0.726. The summed E-state index contributed by atoms with van der Waals surface area (Å²) in [5, 5.41) is 2.84. The lowest BCUT2D eigenvalue weighted by atomic mass is 10.1. The topological polar surface area (TPSA) is 50.8 Å². The fourth-order valence-electron chi connectivity index (χ4n) is 3.13. The van der Waals surface area contributed by atoms with E-state index in [1.54, 1.807) is 0 Å². The molecule has 0 heterocycles. The van der Waals surface area contributed by atoms with Crippen LogP contribution in [-0.4, -0.2) is 44.3 Å². The van der Waals surface area contributed by atoms with Crippen LogP contribution in [-0.2, 0) is 4.74 Å². The van der Waals surface area contributed by atoms with Gasteiger partial charge < -0.3 is 14.4 Å². The van der Waals surface area contributed by atoms with E-state index in [0.29, 0.717) is 24.0 Å². The number of unbranched alkanes of at least 4 members (excludes halogenated alkanes) is 1. The van der Waals surface area contributed by atoms with Crippen molar-refractivity contribution in [3.8, 4) is 5.75 Å². The van der Waals surface area contributed by atoms with Crippen LogP contribution in [0.5, 0.6) is 5.75 Å². The third-order valence-electron chi connectivity index (χ3n) is 4.33. The SMILES string of the molecule is CCCCOc1ccccc1NC(=O)O[C@H]1CCC[C@H]1CN(C)C. The molecule has 0 aromatic heterocycles. The predicted molar refractivity (Wildman–Crippen MR) is 96.6 cm³/mol. The van der Waals surface area contributed by atoms with E-state index in [1.165, 1.54) is 0 Å². The fourth-order valence-corrected chi connectivity index (χ4v) is 3.13. The van der Waals surface area contributed by atoms with Crippen molar-refractivity contribution in [3.05, 3.63) is 24.3 Å². The molecule has 0 unspecified atom stereocenters. The predicted octanol–water partition coefficient (Wildman–Crippen LogP) is 4.14. The van der Waals surface area contributed by atoms with Gasteiger partial charge in [0.1, 0.15) is 11.9 Å². The zero-order chi connectivity index (χ0) is 17.4. The normalized spacial score (nSPS) is 20.2. The van der Waals surface area contributed by atoms with Gasteiger partial charge in [0.15, 0.2) is 0 Å². The Hall–Kier alpha value is -1.75. The monoisotopic (exact) mass is 334 g/mol. The molecule has 5 nitrogen and oxygen atoms in total. The molecule has 1 saturated carbocycles. The number of anilines is 1. The molecular weight excluding hydrogens is 304 g/mol. The second-order valence-electron chi connectivity index (χ2n) is 6.72. The summed E-state index contributed by atoms with van der Waals surface area (Å²) in [6.45, 7) is 3.73. The molecule has 1 amide bonds. The Kier molecular flexibility index (Phi) is 7.37. The summed E-state index contributed by atoms with van der Waals surface area (Å²) >= 11 is 0. The maximum atomic E-state index is 12.3. The lowest BCUT2D eigenvalue weighted by Crippen LogP contribution is -2.31. The number of carbonyl (C=O) groups excluding carboxylic acids is 1. The van der Waals surface area contributed by atoms with E-state index in [0.717, 1.165) is 38.6 Å². The van der Waals surface area contributed by atoms with Crippen LogP contribution in [0.15, 0.2) is 24.3 Å². The number of rotatable bonds is 8. The Bertz CT molecular complexity index is 519. The van der Waals surface area contributed by atoms with Crippen LogP contribution in [0.25, 0.3) is 0 Å². The van der Waals surface area contributed by atoms with Crippen LogP contribution in [0.4, 0.5) is 10.5 Å². The molecule has 1 aromatic rings. The van der Waals surface area contributed by atoms with Crippen LogP contribution < -0.4 is 10.1 Å². The highest BCUT2D eigenvalue weighted by atomic mass is 16.6. The Balaban J connectivity index is 1.90. The fraction of sp³-hybridized carbons (Fsp3) is 0.632. The maximum absolute atomic E-state index is 12.3. The standard InChI is InChI=1S/C19H30N2O3/c1-4-5-13-23-18-11-7-6-10-16(18)20-19(22)24-17-12-8-9-15(17)14-21(2)3/h6-7,10-11,15,17H,4-5,8-9,12-14H2,1-3H3,(H,20,22)/t15-,17-/m0/s1. The second-order valence-corrected chi connectivity index (χ2v) is 6.72. The molecule has 0 bridgehead atoms. The summed E-state index contributed by atoms with van der Waals surface area (Å²) in [5.41, 5.74) is 0.667. The first-order valence-corrected chi connectivity index (χ1v) is 8.94. The van der Waals surface area contributed by atoms with Gasteiger partial charge in [-0.1, -0.05) is 25.5 Å². The largest absolute Gasteiger partial charge is 0.491 e. The third-order valence-corrected chi connectivity index (χ3v) is 4.33. The van der Waals surface area contributed by atoms with Crippen molar-refractivity contribution in [2.24, 2.45) is 5.92 Å². The van der Waals surface area contributed by atoms with Crippen molar-refractivity contribution < 1.29 is 14.3 Å². The molecule has 1 fully saturated rings. The Labute approximate surface area is 145 Å². The highest BCUT2D eigenvalue weighted by Crippen LogP contribution is 2.30. The third kappa shape index (κ3) is 5.71. The molecule has 0 radical (unpaired) electrons. The number of nitrogens with one attached hydrogen (secondary N) is 1. The number of para-hydroxylation sites is 2. The van der Waals surface area contributed by atoms with Crippen molar-refractivity contribution in [2.45, 2.75) is 45.1 Å². The zero-order valence-electron chi connectivity index (χ0n) is 15.1. The molecule has 0 spiro atoms. The van der Waals surface area contributed by atoms with Gasteiger partial charge in [-0.05, 0) is 51.9 Å². The Morgan fingerprint density at radius 2 is 2.08 bits per heavy atom. The highest BCUT2D eigenvalue weighted by molar-refractivity contribution is 5.86. The van der Waals surface area contributed by atoms with Gasteiger partial charge in [-0.25, -0.2) is 4.79 Å². The van der Waals surface area contributed by atoms with Gasteiger partial charge in [0.05, 0.1) is 12.3 Å². The van der Waals surface area contributed by atoms with E-state index in [1.807, 2.05) is 24.3 Å². The molecule has 1 aromatic carbocycles. The number of ether oxygens (including phenoxy) is 2. The van der Waals surface area contributed by atoms with Crippen molar-refractivity contribution in [1.29, 1.82) is 0 Å². The molecule has 2 atom stereocenters. The van der Waals surface area contributed by atoms with Crippen LogP contribution in [0.3, 0.4) is 0 Å². The molecule has 2 rings (SSSR count). The summed E-state index contributed by atoms with van der Waals surface area (Å²) in [7, 11) is 4.11. The lowest BCUT2D eigenvalue weighted by Gasteiger charge is -2.23. The van der Waals surface area contributed by atoms with Crippen LogP contribution in [0.1, 0.15) is 39.0 Å². The first-order valence-electron chi connectivity index (χ1n) is 8.94. The minimum absolute atomic E-state index is 0.000530. The van der Waals surface area contributed by atoms with E-state index in [2.05, 4.69) is 31.2 Å². The minimum Gasteiger partial charge on any atom is -0.491 e. The van der Waals surface area contributed by atoms with Gasteiger partial charge in [0, 0.05) is 12.5 Å². The molecule has 24 heavy (non-hydrogen) atoms. The van der Waals surface area contributed by atoms with Crippen LogP contribution in [0, 0.1) is 5.92 Å². The molecule has 1 N–H and O–H groups in total. The maximum Gasteiger partial charge on any atom is 0.412 e. The van der Waals surface area contributed by atoms with Crippen molar-refractivity contribution >= 4 is 11.8 Å². The zero-order valence-corrected chi connectivity index (χ0v) is 15.1. The van der Waals surface area contributed by atoms with E-state index in [9.17, 15) is 4.79 Å². The number of benzene rings is 1. The summed E-state index contributed by atoms with van der Waals surface area (Å²) in [4.78, 5) is 14.4. The first-order chi connectivity index (χ1) is 11.6. The average Bonchev–Trinajstić information content (AvgIpc) is 2.95. The summed E-state index contributed by atoms with van der Waals surface area (Å²) in [6.07, 6.45) is 4.86. The van der Waals surface area contributed by atoms with E-state index >= 15 is 0 Å². The molecule has 1 aliphatic rings. The summed E-state index contributed by atoms with van der Waals surface area (Å²) in [6, 6.07) is 7.50. The second kappa shape index (κ2) is 9.52. The Morgan fingerprint density at radius 1 is 1.29 bits per heavy atom. The lowest BCUT2D eigenvalue weighted by molar-refractivity contribution is 0.0780. The van der Waals surface area contributed by atoms with E-state index < -0.39 is 6.09 Å². The van der Waals surface area contributed by atoms with E-state index in [4.69, 9.17) is 9.47 Å². The molecule has 0 saturated heterocycles. The van der Waals surface area contributed by atoms with Crippen LogP contribution >= 0.6 is 0 Å². The number of hydrogen-bond acceptors (Lipinski definition) is 4. The number of carbonyl (C=O) groups is 1. The highest BCUT2D eigenvalue weighted by Gasteiger charge is 2.30. The van der Waals surface area contributed by atoms with Crippen molar-refractivity contribution in [2.75, 3.05) is 32.6 Å². The van der Waals surface area contributed by atoms with Gasteiger partial charge in [-0.2, -0.15) is 0 Å². The average molecular weight is 334 g/mol. The van der Waals surface area contributed by atoms with E-state index in [-0.39, 0.29) is 6.10 Å². The van der Waals surface area contributed by atoms with Gasteiger partial charge in [-0.3, -0.25) is 5.32 Å². The smallest absolute Gasteiger partial charge is 0.412 e. The molecule has 134 valence electrons. The molecule has 0 aliphatic heterocycles. The summed E-state index contributed by atoms with van der Waals surface area (Å²) < 4.78 is 11.4. The number of nitrogens with zero attached hydrogens (tertiary/aromatic N) is 1. The van der Waals surface area contributed by atoms with Gasteiger partial charge >= 0.3 is 6.09 Å². The molecular formula is C19H30N2O3. The van der Waals surface area contributed by atoms with Gasteiger partial charge in [0.25, 0.3) is 0 Å². The number of amides is 1. The minimum atomic E-state index is -0.391. The Morgan fingerprint density at radius 3 is 2.83 bits per heavy atom. The number of hydrogen-bond donors (Lipinski definition) is 1. The molecule has 1 aliphatic carbocycles. The van der Waals surface area contributed by atoms with Gasteiger partial charge in [-0.15, -0.1) is 0 Å². The van der Waals surface area contributed by atoms with Crippen molar-refractivity contribution in [3.63, 3.8) is 0 Å². The first kappa shape index (κ1) is 18.6.